The Morgan fingerprint density at radius 1 is 1.29 bits per heavy atom. The van der Waals surface area contributed by atoms with E-state index in [2.05, 4.69) is 31.7 Å². The van der Waals surface area contributed by atoms with Gasteiger partial charge in [-0.3, -0.25) is 4.79 Å². The van der Waals surface area contributed by atoms with E-state index in [1.807, 2.05) is 5.38 Å². The highest BCUT2D eigenvalue weighted by Crippen LogP contribution is 2.45. The summed E-state index contributed by atoms with van der Waals surface area (Å²) >= 11 is 4.68. The molecule has 0 saturated carbocycles. The molecule has 0 fully saturated rings. The number of thiophene rings is 1. The van der Waals surface area contributed by atoms with Gasteiger partial charge in [-0.2, -0.15) is 18.3 Å². The number of anilines is 2. The molecule has 0 bridgehead atoms. The number of benzene rings is 1. The molecule has 1 aromatic carbocycles. The second kappa shape index (κ2) is 7.25. The molecule has 1 aliphatic heterocycles. The second-order valence-corrected chi connectivity index (χ2v) is 8.21. The van der Waals surface area contributed by atoms with Crippen LogP contribution in [0.4, 0.5) is 24.7 Å². The van der Waals surface area contributed by atoms with Crippen LogP contribution in [0.25, 0.3) is 0 Å². The number of hydrogen-bond acceptors (Lipinski definition) is 4. The Morgan fingerprint density at radius 3 is 2.68 bits per heavy atom. The number of hydrogen-bond donors (Lipinski definition) is 2. The number of alkyl halides is 3. The number of rotatable bonds is 3. The number of amides is 1. The van der Waals surface area contributed by atoms with Crippen LogP contribution in [0.3, 0.4) is 0 Å². The molecule has 0 spiro atoms. The molecule has 10 heteroatoms. The Morgan fingerprint density at radius 2 is 2.04 bits per heavy atom. The Labute approximate surface area is 170 Å². The van der Waals surface area contributed by atoms with Crippen LogP contribution < -0.4 is 10.6 Å². The van der Waals surface area contributed by atoms with E-state index in [9.17, 15) is 18.0 Å². The number of carbonyl (C=O) groups is 1. The lowest BCUT2D eigenvalue weighted by Gasteiger charge is -2.33. The Balaban J connectivity index is 1.67. The molecule has 2 N–H and O–H groups in total. The van der Waals surface area contributed by atoms with Crippen molar-refractivity contribution in [2.75, 3.05) is 10.6 Å². The largest absolute Gasteiger partial charge is 0.410 e. The summed E-state index contributed by atoms with van der Waals surface area (Å²) in [6, 6.07) is 8.12. The summed E-state index contributed by atoms with van der Waals surface area (Å²) < 4.78 is 42.6. The molecule has 5 nitrogen and oxygen atoms in total. The minimum Gasteiger partial charge on any atom is -0.362 e. The first-order valence-electron chi connectivity index (χ1n) is 8.34. The highest BCUT2D eigenvalue weighted by molar-refractivity contribution is 9.10. The minimum atomic E-state index is -4.47. The van der Waals surface area contributed by atoms with Crippen LogP contribution in [0.5, 0.6) is 0 Å². The lowest BCUT2D eigenvalue weighted by Crippen LogP contribution is -2.36. The third kappa shape index (κ3) is 3.66. The molecular weight excluding hydrogens is 457 g/mol. The molecule has 3 aromatic rings. The summed E-state index contributed by atoms with van der Waals surface area (Å²) in [6.07, 6.45) is -3.49. The molecule has 146 valence electrons. The van der Waals surface area contributed by atoms with Gasteiger partial charge in [0.2, 0.25) is 0 Å². The topological polar surface area (TPSA) is 59.0 Å². The number of carbonyl (C=O) groups excluding carboxylic acids is 1. The minimum absolute atomic E-state index is 0.0680. The predicted molar refractivity (Wildman–Crippen MR) is 105 cm³/mol. The van der Waals surface area contributed by atoms with Crippen molar-refractivity contribution in [2.24, 2.45) is 0 Å². The average molecular weight is 471 g/mol. The van der Waals surface area contributed by atoms with Crippen LogP contribution in [-0.4, -0.2) is 21.9 Å². The molecule has 28 heavy (non-hydrogen) atoms. The molecule has 1 amide bonds. The van der Waals surface area contributed by atoms with Crippen molar-refractivity contribution in [1.82, 2.24) is 9.78 Å². The number of aromatic nitrogens is 2. The van der Waals surface area contributed by atoms with E-state index in [0.717, 1.165) is 14.0 Å². The second-order valence-electron chi connectivity index (χ2n) is 6.32. The van der Waals surface area contributed by atoms with Crippen LogP contribution in [0.15, 0.2) is 52.4 Å². The number of halogens is 4. The molecule has 0 aliphatic carbocycles. The van der Waals surface area contributed by atoms with Gasteiger partial charge < -0.3 is 10.6 Å². The van der Waals surface area contributed by atoms with Crippen molar-refractivity contribution in [1.29, 1.82) is 0 Å². The van der Waals surface area contributed by atoms with E-state index in [1.165, 1.54) is 17.5 Å². The lowest BCUT2D eigenvalue weighted by atomic mass is 10.0. The van der Waals surface area contributed by atoms with Crippen LogP contribution in [0, 0.1) is 0 Å². The molecule has 4 rings (SSSR count). The van der Waals surface area contributed by atoms with Crippen molar-refractivity contribution in [3.63, 3.8) is 0 Å². The Bertz CT molecular complexity index is 985. The SMILES string of the molecule is O=C(Nc1ccc(Br)cc1)c1cnn2c1NC(c1cccs1)CC2C(F)(F)F. The first kappa shape index (κ1) is 19.0. The third-order valence-corrected chi connectivity index (χ3v) is 5.99. The van der Waals surface area contributed by atoms with Crippen molar-refractivity contribution in [2.45, 2.75) is 24.7 Å². The van der Waals surface area contributed by atoms with E-state index in [1.54, 1.807) is 36.4 Å². The van der Waals surface area contributed by atoms with Gasteiger partial charge in [-0.25, -0.2) is 4.68 Å². The van der Waals surface area contributed by atoms with Crippen molar-refractivity contribution < 1.29 is 18.0 Å². The van der Waals surface area contributed by atoms with Crippen molar-refractivity contribution >= 4 is 44.7 Å². The van der Waals surface area contributed by atoms with E-state index in [4.69, 9.17) is 0 Å². The summed E-state index contributed by atoms with van der Waals surface area (Å²) in [6.45, 7) is 0. The predicted octanol–water partition coefficient (Wildman–Crippen LogP) is 5.62. The lowest BCUT2D eigenvalue weighted by molar-refractivity contribution is -0.173. The standard InChI is InChI=1S/C18H14BrF3N4OS/c19-10-3-5-11(6-4-10)24-17(27)12-9-23-26-15(18(20,21)22)8-13(25-16(12)26)14-2-1-7-28-14/h1-7,9,13,15,25H,8H2,(H,24,27). The highest BCUT2D eigenvalue weighted by Gasteiger charge is 2.47. The summed E-state index contributed by atoms with van der Waals surface area (Å²) in [5.74, 6) is -0.453. The van der Waals surface area contributed by atoms with Crippen LogP contribution in [0.2, 0.25) is 0 Å². The van der Waals surface area contributed by atoms with E-state index < -0.39 is 24.2 Å². The quantitative estimate of drug-likeness (QED) is 0.522. The van der Waals surface area contributed by atoms with Crippen LogP contribution >= 0.6 is 27.3 Å². The molecule has 3 heterocycles. The average Bonchev–Trinajstić information content (AvgIpc) is 3.31. The summed E-state index contributed by atoms with van der Waals surface area (Å²) in [4.78, 5) is 13.5. The first-order valence-corrected chi connectivity index (χ1v) is 10.0. The highest BCUT2D eigenvalue weighted by atomic mass is 79.9. The number of nitrogens with zero attached hydrogens (tertiary/aromatic N) is 2. The maximum atomic E-state index is 13.6. The van der Waals surface area contributed by atoms with Gasteiger partial charge in [-0.05, 0) is 35.7 Å². The monoisotopic (exact) mass is 470 g/mol. The third-order valence-electron chi connectivity index (χ3n) is 4.47. The summed E-state index contributed by atoms with van der Waals surface area (Å²) in [7, 11) is 0. The fraction of sp³-hybridized carbons (Fsp3) is 0.222. The zero-order valence-electron chi connectivity index (χ0n) is 14.2. The van der Waals surface area contributed by atoms with Gasteiger partial charge in [0.1, 0.15) is 11.4 Å². The molecule has 2 unspecified atom stereocenters. The summed E-state index contributed by atoms with van der Waals surface area (Å²) in [5, 5.41) is 11.4. The van der Waals surface area contributed by atoms with E-state index in [-0.39, 0.29) is 17.8 Å². The molecular formula is C18H14BrF3N4OS. The van der Waals surface area contributed by atoms with Gasteiger partial charge in [-0.1, -0.05) is 22.0 Å². The molecule has 2 aromatic heterocycles. The maximum absolute atomic E-state index is 13.6. The maximum Gasteiger partial charge on any atom is 0.410 e. The molecule has 0 saturated heterocycles. The van der Waals surface area contributed by atoms with Crippen molar-refractivity contribution in [3.05, 3.63) is 62.9 Å². The molecule has 1 aliphatic rings. The number of nitrogens with one attached hydrogen (secondary N) is 2. The smallest absolute Gasteiger partial charge is 0.362 e. The Hall–Kier alpha value is -2.33. The van der Waals surface area contributed by atoms with E-state index >= 15 is 0 Å². The molecule has 2 atom stereocenters. The first-order chi connectivity index (χ1) is 13.3. The van der Waals surface area contributed by atoms with E-state index in [0.29, 0.717) is 5.69 Å². The normalized spacial score (nSPS) is 19.0. The zero-order valence-corrected chi connectivity index (χ0v) is 16.6. The fourth-order valence-electron chi connectivity index (χ4n) is 3.14. The molecule has 0 radical (unpaired) electrons. The van der Waals surface area contributed by atoms with Gasteiger partial charge in [0.15, 0.2) is 6.04 Å². The van der Waals surface area contributed by atoms with Gasteiger partial charge in [0.05, 0.1) is 12.2 Å². The number of fused-ring (bicyclic) bond motifs is 1. The Kier molecular flexibility index (Phi) is 4.92. The van der Waals surface area contributed by atoms with Gasteiger partial charge >= 0.3 is 6.18 Å². The summed E-state index contributed by atoms with van der Waals surface area (Å²) in [5.41, 5.74) is 0.601. The van der Waals surface area contributed by atoms with Gasteiger partial charge in [0, 0.05) is 21.5 Å². The van der Waals surface area contributed by atoms with Crippen molar-refractivity contribution in [3.8, 4) is 0 Å². The van der Waals surface area contributed by atoms with Gasteiger partial charge in [0.25, 0.3) is 5.91 Å². The fourth-order valence-corrected chi connectivity index (χ4v) is 4.19. The van der Waals surface area contributed by atoms with Gasteiger partial charge in [-0.15, -0.1) is 11.3 Å². The van der Waals surface area contributed by atoms with Crippen LogP contribution in [-0.2, 0) is 0 Å². The zero-order chi connectivity index (χ0) is 19.9. The van der Waals surface area contributed by atoms with Crippen LogP contribution in [0.1, 0.15) is 33.7 Å².